The summed E-state index contributed by atoms with van der Waals surface area (Å²) in [7, 11) is 0. The lowest BCUT2D eigenvalue weighted by atomic mass is 10.2. The number of anilines is 1. The fraction of sp³-hybridized carbons (Fsp3) is 0.200. The molecule has 0 aromatic heterocycles. The third-order valence-corrected chi connectivity index (χ3v) is 3.57. The average Bonchev–Trinajstić information content (AvgIpc) is 2.68. The first-order valence-corrected chi connectivity index (χ1v) is 8.38. The van der Waals surface area contributed by atoms with Crippen molar-refractivity contribution in [2.75, 3.05) is 11.9 Å². The number of benzene rings is 2. The van der Waals surface area contributed by atoms with Crippen molar-refractivity contribution < 1.29 is 32.2 Å². The second kappa shape index (κ2) is 9.59. The van der Waals surface area contributed by atoms with Gasteiger partial charge in [0.2, 0.25) is 0 Å². The Labute approximate surface area is 159 Å². The highest BCUT2D eigenvalue weighted by Gasteiger charge is 2.20. The molecule has 1 amide bonds. The first-order chi connectivity index (χ1) is 13.3. The molecule has 0 fully saturated rings. The van der Waals surface area contributed by atoms with E-state index in [2.05, 4.69) is 0 Å². The largest absolute Gasteiger partial charge is 0.493 e. The van der Waals surface area contributed by atoms with E-state index in [1.165, 1.54) is 13.0 Å². The highest BCUT2D eigenvalue weighted by molar-refractivity contribution is 5.96. The predicted octanol–water partition coefficient (Wildman–Crippen LogP) is 4.09. The Bertz CT molecular complexity index is 899. The summed E-state index contributed by atoms with van der Waals surface area (Å²) in [5, 5.41) is 2.04. The normalized spacial score (nSPS) is 11.9. The van der Waals surface area contributed by atoms with E-state index < -0.39 is 41.1 Å². The van der Waals surface area contributed by atoms with Crippen LogP contribution in [0.25, 0.3) is 6.08 Å². The van der Waals surface area contributed by atoms with Crippen molar-refractivity contribution in [2.24, 2.45) is 0 Å². The van der Waals surface area contributed by atoms with Gasteiger partial charge in [0.05, 0.1) is 12.3 Å². The zero-order valence-corrected chi connectivity index (χ0v) is 15.2. The van der Waals surface area contributed by atoms with Gasteiger partial charge < -0.3 is 14.8 Å². The molecule has 148 valence electrons. The van der Waals surface area contributed by atoms with E-state index in [1.54, 1.807) is 24.3 Å². The van der Waals surface area contributed by atoms with Gasteiger partial charge in [0.25, 0.3) is 5.91 Å². The van der Waals surface area contributed by atoms with Gasteiger partial charge in [-0.25, -0.2) is 18.0 Å². The first kappa shape index (κ1) is 21.0. The van der Waals surface area contributed by atoms with E-state index >= 15 is 0 Å². The fourth-order valence-corrected chi connectivity index (χ4v) is 2.19. The molecular formula is C20H18F3NO4. The maximum Gasteiger partial charge on any atom is 0.331 e. The minimum atomic E-state index is -1.71. The van der Waals surface area contributed by atoms with Crippen molar-refractivity contribution in [3.05, 3.63) is 65.5 Å². The van der Waals surface area contributed by atoms with Crippen LogP contribution >= 0.6 is 0 Å². The van der Waals surface area contributed by atoms with Crippen LogP contribution < -0.4 is 10.1 Å². The molecule has 2 aromatic carbocycles. The van der Waals surface area contributed by atoms with Crippen LogP contribution in [0, 0.1) is 17.5 Å². The molecule has 0 saturated heterocycles. The monoisotopic (exact) mass is 393 g/mol. The molecule has 0 spiro atoms. The summed E-state index contributed by atoms with van der Waals surface area (Å²) in [6, 6.07) is 8.55. The maximum atomic E-state index is 13.6. The van der Waals surface area contributed by atoms with Gasteiger partial charge in [0.15, 0.2) is 23.6 Å². The average molecular weight is 393 g/mol. The predicted molar refractivity (Wildman–Crippen MR) is 97.1 cm³/mol. The highest BCUT2D eigenvalue weighted by Crippen LogP contribution is 2.21. The molecule has 0 bridgehead atoms. The SMILES string of the molecule is CCOc1ccccc1/C=C/C(=O)O[C@H](C)C(=O)Nc1ccc(F)c(F)c1F. The van der Waals surface area contributed by atoms with Crippen LogP contribution in [0.3, 0.4) is 0 Å². The number of esters is 1. The second-order valence-electron chi connectivity index (χ2n) is 5.60. The number of ether oxygens (including phenoxy) is 2. The van der Waals surface area contributed by atoms with Crippen LogP contribution in [0.2, 0.25) is 0 Å². The minimum Gasteiger partial charge on any atom is -0.493 e. The van der Waals surface area contributed by atoms with Gasteiger partial charge in [0.1, 0.15) is 5.75 Å². The number of hydrogen-bond donors (Lipinski definition) is 1. The van der Waals surface area contributed by atoms with Crippen molar-refractivity contribution in [1.82, 2.24) is 0 Å². The Hall–Kier alpha value is -3.29. The maximum absolute atomic E-state index is 13.6. The molecule has 0 aliphatic rings. The number of para-hydroxylation sites is 1. The molecule has 2 rings (SSSR count). The molecule has 1 N–H and O–H groups in total. The van der Waals surface area contributed by atoms with Gasteiger partial charge in [-0.1, -0.05) is 18.2 Å². The van der Waals surface area contributed by atoms with Crippen molar-refractivity contribution in [3.8, 4) is 5.75 Å². The van der Waals surface area contributed by atoms with Gasteiger partial charge in [-0.05, 0) is 38.1 Å². The van der Waals surface area contributed by atoms with E-state index in [-0.39, 0.29) is 0 Å². The number of carbonyl (C=O) groups is 2. The molecule has 2 aromatic rings. The van der Waals surface area contributed by atoms with Crippen LogP contribution in [0.15, 0.2) is 42.5 Å². The summed E-state index contributed by atoms with van der Waals surface area (Å²) < 4.78 is 50.1. The molecule has 0 heterocycles. The number of carbonyl (C=O) groups excluding carboxylic acids is 2. The van der Waals surface area contributed by atoms with Gasteiger partial charge in [0, 0.05) is 11.6 Å². The van der Waals surface area contributed by atoms with Crippen LogP contribution in [0.5, 0.6) is 5.75 Å². The van der Waals surface area contributed by atoms with Crippen molar-refractivity contribution in [2.45, 2.75) is 20.0 Å². The van der Waals surface area contributed by atoms with E-state index in [0.717, 1.165) is 12.1 Å². The molecule has 5 nitrogen and oxygen atoms in total. The van der Waals surface area contributed by atoms with Crippen LogP contribution in [0.1, 0.15) is 19.4 Å². The third kappa shape index (κ3) is 5.35. The molecular weight excluding hydrogens is 375 g/mol. The topological polar surface area (TPSA) is 64.6 Å². The second-order valence-corrected chi connectivity index (χ2v) is 5.60. The van der Waals surface area contributed by atoms with Crippen molar-refractivity contribution in [3.63, 3.8) is 0 Å². The number of amides is 1. The lowest BCUT2D eigenvalue weighted by Gasteiger charge is -2.13. The van der Waals surface area contributed by atoms with E-state index in [4.69, 9.17) is 9.47 Å². The molecule has 0 radical (unpaired) electrons. The van der Waals surface area contributed by atoms with Gasteiger partial charge in [-0.2, -0.15) is 0 Å². The van der Waals surface area contributed by atoms with Crippen LogP contribution in [-0.4, -0.2) is 24.6 Å². The van der Waals surface area contributed by atoms with Crippen molar-refractivity contribution >= 4 is 23.6 Å². The number of hydrogen-bond acceptors (Lipinski definition) is 4. The van der Waals surface area contributed by atoms with E-state index in [0.29, 0.717) is 24.0 Å². The first-order valence-electron chi connectivity index (χ1n) is 8.38. The Morgan fingerprint density at radius 2 is 1.82 bits per heavy atom. The number of rotatable bonds is 7. The molecule has 0 aliphatic carbocycles. The quantitative estimate of drug-likeness (QED) is 0.437. The summed E-state index contributed by atoms with van der Waals surface area (Å²) in [5.74, 6) is -5.78. The van der Waals surface area contributed by atoms with Gasteiger partial charge in [-0.3, -0.25) is 4.79 Å². The zero-order valence-electron chi connectivity index (χ0n) is 15.2. The standard InChI is InChI=1S/C20H18F3NO4/c1-3-27-16-7-5-4-6-13(16)8-11-17(25)28-12(2)20(26)24-15-10-9-14(21)18(22)19(15)23/h4-12H,3H2,1-2H3,(H,24,26)/b11-8+/t12-/m1/s1. The Kier molecular flexibility index (Phi) is 7.20. The lowest BCUT2D eigenvalue weighted by molar-refractivity contribution is -0.148. The fourth-order valence-electron chi connectivity index (χ4n) is 2.19. The molecule has 1 atom stereocenters. The van der Waals surface area contributed by atoms with E-state index in [1.807, 2.05) is 12.2 Å². The van der Waals surface area contributed by atoms with Crippen LogP contribution in [0.4, 0.5) is 18.9 Å². The summed E-state index contributed by atoms with van der Waals surface area (Å²) in [5.41, 5.74) is 0.0789. The summed E-state index contributed by atoms with van der Waals surface area (Å²) in [6.45, 7) is 3.53. The lowest BCUT2D eigenvalue weighted by Crippen LogP contribution is -2.29. The molecule has 0 aliphatic heterocycles. The van der Waals surface area contributed by atoms with Gasteiger partial charge in [-0.15, -0.1) is 0 Å². The molecule has 8 heteroatoms. The molecule has 28 heavy (non-hydrogen) atoms. The zero-order chi connectivity index (χ0) is 20.7. The summed E-state index contributed by atoms with van der Waals surface area (Å²) in [4.78, 5) is 23.9. The van der Waals surface area contributed by atoms with Crippen molar-refractivity contribution in [1.29, 1.82) is 0 Å². The minimum absolute atomic E-state index is 0.451. The summed E-state index contributed by atoms with van der Waals surface area (Å²) >= 11 is 0. The third-order valence-electron chi connectivity index (χ3n) is 3.57. The summed E-state index contributed by atoms with van der Waals surface area (Å²) in [6.07, 6.45) is 1.28. The highest BCUT2D eigenvalue weighted by atomic mass is 19.2. The van der Waals surface area contributed by atoms with Gasteiger partial charge >= 0.3 is 5.97 Å². The number of nitrogens with one attached hydrogen (secondary N) is 1. The Balaban J connectivity index is 1.98. The molecule has 0 saturated carbocycles. The van der Waals surface area contributed by atoms with Crippen LogP contribution in [-0.2, 0) is 14.3 Å². The molecule has 0 unspecified atom stereocenters. The Morgan fingerprint density at radius 1 is 1.11 bits per heavy atom. The number of halogens is 3. The van der Waals surface area contributed by atoms with E-state index in [9.17, 15) is 22.8 Å². The Morgan fingerprint density at radius 3 is 2.54 bits per heavy atom. The smallest absolute Gasteiger partial charge is 0.331 e.